The highest BCUT2D eigenvalue weighted by molar-refractivity contribution is 6.30. The Hall–Kier alpha value is -3.46. The highest BCUT2D eigenvalue weighted by atomic mass is 35.5. The number of ether oxygens (including phenoxy) is 1. The minimum atomic E-state index is -0.815. The molecule has 170 valence electrons. The molecule has 1 N–H and O–H groups in total. The van der Waals surface area contributed by atoms with Crippen LogP contribution in [0.5, 0.6) is 0 Å². The Morgan fingerprint density at radius 2 is 1.97 bits per heavy atom. The maximum Gasteiger partial charge on any atom is 0.354 e. The fourth-order valence-electron chi connectivity index (χ4n) is 2.82. The molecule has 0 saturated carbocycles. The number of anilines is 1. The van der Waals surface area contributed by atoms with Gasteiger partial charge in [-0.2, -0.15) is 4.98 Å². The number of hydrogen-bond donors (Lipinski definition) is 1. The number of benzene rings is 1. The van der Waals surface area contributed by atoms with E-state index in [0.717, 1.165) is 10.6 Å². The zero-order chi connectivity index (χ0) is 23.8. The minimum Gasteiger partial charge on any atom is -0.469 e. The van der Waals surface area contributed by atoms with Crippen LogP contribution >= 0.6 is 11.6 Å². The van der Waals surface area contributed by atoms with Gasteiger partial charge in [0.25, 0.3) is 0 Å². The molecule has 0 aliphatic heterocycles. The molecule has 0 fully saturated rings. The topological polar surface area (TPSA) is 95.2 Å². The first-order valence-electron chi connectivity index (χ1n) is 9.65. The molecule has 1 aromatic heterocycles. The molecule has 1 atom stereocenters. The summed E-state index contributed by atoms with van der Waals surface area (Å²) >= 11 is 5.93. The molecule has 0 radical (unpaired) electrons. The van der Waals surface area contributed by atoms with Crippen molar-refractivity contribution in [1.82, 2.24) is 14.1 Å². The molecule has 10 heteroatoms. The van der Waals surface area contributed by atoms with Crippen LogP contribution < -0.4 is 16.7 Å². The number of halogens is 2. The number of allylic oxidation sites excluding steroid dienone is 3. The van der Waals surface area contributed by atoms with Gasteiger partial charge in [0.2, 0.25) is 5.95 Å². The van der Waals surface area contributed by atoms with Crippen LogP contribution in [0.4, 0.5) is 10.3 Å². The molecule has 1 aromatic carbocycles. The van der Waals surface area contributed by atoms with E-state index in [1.165, 1.54) is 17.8 Å². The minimum absolute atomic E-state index is 0.0345. The Morgan fingerprint density at radius 3 is 2.53 bits per heavy atom. The van der Waals surface area contributed by atoms with Gasteiger partial charge < -0.3 is 10.1 Å². The van der Waals surface area contributed by atoms with Crippen LogP contribution in [0.3, 0.4) is 0 Å². The predicted octanol–water partition coefficient (Wildman–Crippen LogP) is 3.27. The lowest BCUT2D eigenvalue weighted by atomic mass is 10.1. The summed E-state index contributed by atoms with van der Waals surface area (Å²) in [6, 6.07) is 6.78. The van der Waals surface area contributed by atoms with Gasteiger partial charge >= 0.3 is 17.3 Å². The Bertz CT molecular complexity index is 1150. The molecule has 8 nitrogen and oxygen atoms in total. The first-order chi connectivity index (χ1) is 15.2. The number of nitrogens with one attached hydrogen (secondary N) is 1. The second-order valence-electron chi connectivity index (χ2n) is 6.95. The molecule has 1 heterocycles. The van der Waals surface area contributed by atoms with Crippen molar-refractivity contribution in [2.24, 2.45) is 5.92 Å². The SMILES string of the molecule is C=C/C(=C\C(=C)F)Nc1nc(=O)n(CC[C@H](C)C(=O)OC)c(=O)n1Cc1ccc(Cl)cc1. The maximum absolute atomic E-state index is 13.3. The second-order valence-corrected chi connectivity index (χ2v) is 7.39. The van der Waals surface area contributed by atoms with Gasteiger partial charge in [0, 0.05) is 17.3 Å². The van der Waals surface area contributed by atoms with Gasteiger partial charge in [-0.05, 0) is 36.3 Å². The van der Waals surface area contributed by atoms with E-state index in [9.17, 15) is 18.8 Å². The van der Waals surface area contributed by atoms with Gasteiger partial charge in [-0.3, -0.25) is 9.36 Å². The third-order valence-electron chi connectivity index (χ3n) is 4.58. The molecule has 0 saturated heterocycles. The second kappa shape index (κ2) is 11.2. The Labute approximate surface area is 189 Å². The van der Waals surface area contributed by atoms with Crippen molar-refractivity contribution in [3.05, 3.63) is 92.7 Å². The van der Waals surface area contributed by atoms with Crippen LogP contribution in [0.2, 0.25) is 5.02 Å². The lowest BCUT2D eigenvalue weighted by molar-refractivity contribution is -0.145. The van der Waals surface area contributed by atoms with Crippen LogP contribution in [0, 0.1) is 5.92 Å². The molecule has 2 rings (SSSR count). The summed E-state index contributed by atoms with van der Waals surface area (Å²) in [5.74, 6) is -1.80. The number of rotatable bonds is 10. The number of hydrogen-bond acceptors (Lipinski definition) is 6. The van der Waals surface area contributed by atoms with E-state index in [1.807, 2.05) is 0 Å². The van der Waals surface area contributed by atoms with Gasteiger partial charge in [0.1, 0.15) is 5.83 Å². The molecule has 0 aliphatic carbocycles. The third-order valence-corrected chi connectivity index (χ3v) is 4.83. The van der Waals surface area contributed by atoms with Crippen molar-refractivity contribution < 1.29 is 13.9 Å². The zero-order valence-electron chi connectivity index (χ0n) is 17.8. The van der Waals surface area contributed by atoms with Crippen LogP contribution in [0.15, 0.2) is 70.7 Å². The standard InChI is InChI=1S/C22H24ClFN4O4/c1-5-18(12-15(3)24)25-20-26-21(30)27(11-10-14(2)19(29)32-4)22(31)28(20)13-16-6-8-17(23)9-7-16/h5-9,12,14H,1,3,10-11,13H2,2,4H3,(H,25,26,30)/b18-12+/t14-/m0/s1. The number of nitrogens with zero attached hydrogens (tertiary/aromatic N) is 3. The van der Waals surface area contributed by atoms with Crippen molar-refractivity contribution in [3.8, 4) is 0 Å². The van der Waals surface area contributed by atoms with Gasteiger partial charge in [-0.15, -0.1) is 0 Å². The number of aromatic nitrogens is 3. The largest absolute Gasteiger partial charge is 0.469 e. The summed E-state index contributed by atoms with van der Waals surface area (Å²) in [5, 5.41) is 3.27. The average Bonchev–Trinajstić information content (AvgIpc) is 2.75. The zero-order valence-corrected chi connectivity index (χ0v) is 18.6. The van der Waals surface area contributed by atoms with Crippen LogP contribution in [-0.4, -0.2) is 27.2 Å². The Morgan fingerprint density at radius 1 is 1.31 bits per heavy atom. The third kappa shape index (κ3) is 6.52. The van der Waals surface area contributed by atoms with Gasteiger partial charge in [0.15, 0.2) is 0 Å². The number of carbonyl (C=O) groups is 1. The number of esters is 1. The summed E-state index contributed by atoms with van der Waals surface area (Å²) in [7, 11) is 1.27. The van der Waals surface area contributed by atoms with E-state index in [0.29, 0.717) is 10.6 Å². The van der Waals surface area contributed by atoms with Gasteiger partial charge in [-0.25, -0.2) is 18.5 Å². The van der Waals surface area contributed by atoms with Crippen LogP contribution in [0.1, 0.15) is 18.9 Å². The van der Waals surface area contributed by atoms with E-state index >= 15 is 0 Å². The molecule has 0 amide bonds. The summed E-state index contributed by atoms with van der Waals surface area (Å²) in [5.41, 5.74) is -0.592. The van der Waals surface area contributed by atoms with E-state index in [1.54, 1.807) is 31.2 Å². The van der Waals surface area contributed by atoms with Crippen molar-refractivity contribution in [2.45, 2.75) is 26.4 Å². The normalized spacial score (nSPS) is 12.2. The highest BCUT2D eigenvalue weighted by Crippen LogP contribution is 2.13. The molecular formula is C22H24ClFN4O4. The number of carbonyl (C=O) groups excluding carboxylic acids is 1. The van der Waals surface area contributed by atoms with E-state index < -0.39 is 29.1 Å². The fraction of sp³-hybridized carbons (Fsp3) is 0.273. The molecular weight excluding hydrogens is 439 g/mol. The smallest absolute Gasteiger partial charge is 0.354 e. The molecule has 2 aromatic rings. The van der Waals surface area contributed by atoms with Crippen molar-refractivity contribution in [3.63, 3.8) is 0 Å². The quantitative estimate of drug-likeness (QED) is 0.430. The molecule has 32 heavy (non-hydrogen) atoms. The van der Waals surface area contributed by atoms with Gasteiger partial charge in [-0.1, -0.05) is 43.8 Å². The molecule has 0 unspecified atom stereocenters. The van der Waals surface area contributed by atoms with E-state index in [4.69, 9.17) is 11.6 Å². The lowest BCUT2D eigenvalue weighted by Gasteiger charge is -2.17. The predicted molar refractivity (Wildman–Crippen MR) is 121 cm³/mol. The number of methoxy groups -OCH3 is 1. The fourth-order valence-corrected chi connectivity index (χ4v) is 2.94. The first-order valence-corrected chi connectivity index (χ1v) is 10.0. The van der Waals surface area contributed by atoms with Gasteiger partial charge in [0.05, 0.1) is 19.6 Å². The molecule has 0 spiro atoms. The highest BCUT2D eigenvalue weighted by Gasteiger charge is 2.18. The Balaban J connectivity index is 2.52. The molecule has 0 bridgehead atoms. The van der Waals surface area contributed by atoms with Crippen molar-refractivity contribution >= 4 is 23.5 Å². The lowest BCUT2D eigenvalue weighted by Crippen LogP contribution is -2.43. The summed E-state index contributed by atoms with van der Waals surface area (Å²) in [6.45, 7) is 8.39. The van der Waals surface area contributed by atoms with Crippen molar-refractivity contribution in [2.75, 3.05) is 12.4 Å². The average molecular weight is 463 g/mol. The monoisotopic (exact) mass is 462 g/mol. The summed E-state index contributed by atoms with van der Waals surface area (Å²) < 4.78 is 20.1. The maximum atomic E-state index is 13.3. The first kappa shape index (κ1) is 24.8. The molecule has 0 aliphatic rings. The van der Waals surface area contributed by atoms with Crippen LogP contribution in [-0.2, 0) is 22.6 Å². The summed E-state index contributed by atoms with van der Waals surface area (Å²) in [6.07, 6.45) is 2.55. The van der Waals surface area contributed by atoms with E-state index in [-0.39, 0.29) is 31.2 Å². The van der Waals surface area contributed by atoms with Crippen LogP contribution in [0.25, 0.3) is 0 Å². The summed E-state index contributed by atoms with van der Waals surface area (Å²) in [4.78, 5) is 41.4. The Kier molecular flexibility index (Phi) is 8.71. The van der Waals surface area contributed by atoms with Crippen molar-refractivity contribution in [1.29, 1.82) is 0 Å². The van der Waals surface area contributed by atoms with E-state index in [2.05, 4.69) is 28.2 Å².